The van der Waals surface area contributed by atoms with Crippen molar-refractivity contribution >= 4 is 23.2 Å². The maximum absolute atomic E-state index is 12.2. The molecular weight excluding hydrogens is 316 g/mol. The Balaban J connectivity index is 1.55. The van der Waals surface area contributed by atoms with Crippen LogP contribution in [-0.4, -0.2) is 30.6 Å². The number of carbonyl (C=O) groups is 2. The van der Waals surface area contributed by atoms with Crippen molar-refractivity contribution in [1.82, 2.24) is 5.32 Å². The molecule has 7 heteroatoms. The van der Waals surface area contributed by atoms with Crippen LogP contribution < -0.4 is 11.1 Å². The number of amides is 2. The molecule has 2 amide bonds. The number of carbonyl (C=O) groups excluding carboxylic acids is 2. The molecule has 3 heterocycles. The van der Waals surface area contributed by atoms with E-state index in [9.17, 15) is 9.59 Å². The molecule has 1 fully saturated rings. The first kappa shape index (κ1) is 15.8. The summed E-state index contributed by atoms with van der Waals surface area (Å²) in [5.74, 6) is 0.989. The van der Waals surface area contributed by atoms with E-state index < -0.39 is 12.0 Å². The SMILES string of the molecule is Cc1ccc(-c2ccc(C(=O)NC[C@@H]3CC[C@H](C(N)=O)O3)s2)o1. The van der Waals surface area contributed by atoms with Gasteiger partial charge in [0.05, 0.1) is 15.9 Å². The first-order chi connectivity index (χ1) is 11.0. The van der Waals surface area contributed by atoms with Crippen LogP contribution in [0.3, 0.4) is 0 Å². The molecule has 0 radical (unpaired) electrons. The zero-order valence-corrected chi connectivity index (χ0v) is 13.5. The highest BCUT2D eigenvalue weighted by Crippen LogP contribution is 2.29. The second-order valence-corrected chi connectivity index (χ2v) is 6.59. The second-order valence-electron chi connectivity index (χ2n) is 5.51. The monoisotopic (exact) mass is 334 g/mol. The molecule has 3 rings (SSSR count). The van der Waals surface area contributed by atoms with E-state index in [4.69, 9.17) is 14.9 Å². The summed E-state index contributed by atoms with van der Waals surface area (Å²) >= 11 is 1.37. The van der Waals surface area contributed by atoms with Gasteiger partial charge in [0.25, 0.3) is 5.91 Å². The Hall–Kier alpha value is -2.12. The predicted molar refractivity (Wildman–Crippen MR) is 86.2 cm³/mol. The van der Waals surface area contributed by atoms with Crippen LogP contribution in [-0.2, 0) is 9.53 Å². The van der Waals surface area contributed by atoms with Crippen LogP contribution in [0.15, 0.2) is 28.7 Å². The number of hydrogen-bond acceptors (Lipinski definition) is 5. The van der Waals surface area contributed by atoms with Crippen LogP contribution in [0.1, 0.15) is 28.3 Å². The highest BCUT2D eigenvalue weighted by atomic mass is 32.1. The van der Waals surface area contributed by atoms with Crippen molar-refractivity contribution in [2.75, 3.05) is 6.54 Å². The molecular formula is C16H18N2O4S. The van der Waals surface area contributed by atoms with Gasteiger partial charge in [0.15, 0.2) is 0 Å². The molecule has 1 aliphatic rings. The zero-order chi connectivity index (χ0) is 16.4. The summed E-state index contributed by atoms with van der Waals surface area (Å²) in [6.07, 6.45) is 0.627. The summed E-state index contributed by atoms with van der Waals surface area (Å²) in [7, 11) is 0. The van der Waals surface area contributed by atoms with Gasteiger partial charge in [-0.25, -0.2) is 0 Å². The van der Waals surface area contributed by atoms with Crippen molar-refractivity contribution in [1.29, 1.82) is 0 Å². The van der Waals surface area contributed by atoms with E-state index >= 15 is 0 Å². The molecule has 0 aliphatic carbocycles. The van der Waals surface area contributed by atoms with Crippen LogP contribution in [0.2, 0.25) is 0 Å². The molecule has 122 valence electrons. The lowest BCUT2D eigenvalue weighted by Crippen LogP contribution is -2.34. The fourth-order valence-corrected chi connectivity index (χ4v) is 3.40. The molecule has 23 heavy (non-hydrogen) atoms. The number of furan rings is 1. The summed E-state index contributed by atoms with van der Waals surface area (Å²) in [4.78, 5) is 24.8. The van der Waals surface area contributed by atoms with E-state index in [-0.39, 0.29) is 12.0 Å². The lowest BCUT2D eigenvalue weighted by molar-refractivity contribution is -0.128. The van der Waals surface area contributed by atoms with Gasteiger partial charge in [-0.2, -0.15) is 0 Å². The summed E-state index contributed by atoms with van der Waals surface area (Å²) in [6.45, 7) is 2.25. The van der Waals surface area contributed by atoms with Crippen molar-refractivity contribution in [2.24, 2.45) is 5.73 Å². The number of nitrogens with one attached hydrogen (secondary N) is 1. The first-order valence-corrected chi connectivity index (χ1v) is 8.24. The van der Waals surface area contributed by atoms with E-state index in [0.29, 0.717) is 17.8 Å². The Kier molecular flexibility index (Phi) is 4.49. The van der Waals surface area contributed by atoms with Crippen molar-refractivity contribution in [3.63, 3.8) is 0 Å². The van der Waals surface area contributed by atoms with Gasteiger partial charge >= 0.3 is 0 Å². The summed E-state index contributed by atoms with van der Waals surface area (Å²) in [6, 6.07) is 7.42. The number of ether oxygens (including phenoxy) is 1. The molecule has 0 aromatic carbocycles. The Morgan fingerprint density at radius 1 is 1.30 bits per heavy atom. The molecule has 1 aliphatic heterocycles. The van der Waals surface area contributed by atoms with Gasteiger partial charge in [-0.15, -0.1) is 11.3 Å². The minimum Gasteiger partial charge on any atom is -0.461 e. The minimum absolute atomic E-state index is 0.157. The number of primary amides is 1. The average molecular weight is 334 g/mol. The van der Waals surface area contributed by atoms with Crippen molar-refractivity contribution in [3.05, 3.63) is 34.9 Å². The maximum Gasteiger partial charge on any atom is 0.261 e. The summed E-state index contributed by atoms with van der Waals surface area (Å²) < 4.78 is 11.0. The average Bonchev–Trinajstić information content (AvgIpc) is 3.24. The van der Waals surface area contributed by atoms with Gasteiger partial charge in [-0.3, -0.25) is 9.59 Å². The Morgan fingerprint density at radius 2 is 2.13 bits per heavy atom. The van der Waals surface area contributed by atoms with Crippen LogP contribution in [0.4, 0.5) is 0 Å². The summed E-state index contributed by atoms with van der Waals surface area (Å²) in [5.41, 5.74) is 5.21. The van der Waals surface area contributed by atoms with Gasteiger partial charge in [-0.05, 0) is 44.0 Å². The number of thiophene rings is 1. The Bertz CT molecular complexity index is 721. The van der Waals surface area contributed by atoms with E-state index in [1.807, 2.05) is 25.1 Å². The van der Waals surface area contributed by atoms with Crippen LogP contribution in [0.25, 0.3) is 10.6 Å². The quantitative estimate of drug-likeness (QED) is 0.875. The largest absolute Gasteiger partial charge is 0.461 e. The Morgan fingerprint density at radius 3 is 2.78 bits per heavy atom. The highest BCUT2D eigenvalue weighted by Gasteiger charge is 2.29. The van der Waals surface area contributed by atoms with Gasteiger partial charge in [0.1, 0.15) is 17.6 Å². The lowest BCUT2D eigenvalue weighted by atomic mass is 10.2. The third-order valence-electron chi connectivity index (χ3n) is 3.73. The standard InChI is InChI=1S/C16H18N2O4S/c1-9-2-4-11(21-9)13-6-7-14(23-13)16(20)18-8-10-3-5-12(22-10)15(17)19/h2,4,6-7,10,12H,3,5,8H2,1H3,(H2,17,19)(H,18,20)/t10-,12+/m0/s1. The molecule has 0 spiro atoms. The fraction of sp³-hybridized carbons (Fsp3) is 0.375. The third-order valence-corrected chi connectivity index (χ3v) is 4.83. The second kappa shape index (κ2) is 6.55. The summed E-state index contributed by atoms with van der Waals surface area (Å²) in [5, 5.41) is 2.83. The number of aryl methyl sites for hydroxylation is 1. The van der Waals surface area contributed by atoms with Gasteiger partial charge in [-0.1, -0.05) is 0 Å². The molecule has 2 aromatic rings. The van der Waals surface area contributed by atoms with Crippen LogP contribution in [0.5, 0.6) is 0 Å². The topological polar surface area (TPSA) is 94.6 Å². The molecule has 0 saturated carbocycles. The van der Waals surface area contributed by atoms with Crippen molar-refractivity contribution in [2.45, 2.75) is 32.0 Å². The molecule has 2 atom stereocenters. The van der Waals surface area contributed by atoms with Crippen molar-refractivity contribution < 1.29 is 18.7 Å². The molecule has 3 N–H and O–H groups in total. The predicted octanol–water partition coefficient (Wildman–Crippen LogP) is 2.08. The van der Waals surface area contributed by atoms with E-state index in [1.165, 1.54) is 11.3 Å². The zero-order valence-electron chi connectivity index (χ0n) is 12.7. The van der Waals surface area contributed by atoms with E-state index in [2.05, 4.69) is 5.32 Å². The smallest absolute Gasteiger partial charge is 0.261 e. The van der Waals surface area contributed by atoms with E-state index in [1.54, 1.807) is 6.07 Å². The van der Waals surface area contributed by atoms with Crippen LogP contribution >= 0.6 is 11.3 Å². The van der Waals surface area contributed by atoms with Crippen LogP contribution in [0, 0.1) is 6.92 Å². The Labute approximate surface area is 137 Å². The minimum atomic E-state index is -0.535. The third kappa shape index (κ3) is 3.62. The fourth-order valence-electron chi connectivity index (χ4n) is 2.52. The van der Waals surface area contributed by atoms with Crippen molar-refractivity contribution in [3.8, 4) is 10.6 Å². The molecule has 2 aromatic heterocycles. The van der Waals surface area contributed by atoms with Gasteiger partial charge in [0.2, 0.25) is 5.91 Å². The number of nitrogens with two attached hydrogens (primary N) is 1. The molecule has 0 unspecified atom stereocenters. The van der Waals surface area contributed by atoms with Gasteiger partial charge < -0.3 is 20.2 Å². The number of hydrogen-bond donors (Lipinski definition) is 2. The maximum atomic E-state index is 12.2. The lowest BCUT2D eigenvalue weighted by Gasteiger charge is -2.12. The highest BCUT2D eigenvalue weighted by molar-refractivity contribution is 7.17. The molecule has 0 bridgehead atoms. The van der Waals surface area contributed by atoms with Gasteiger partial charge in [0, 0.05) is 6.54 Å². The molecule has 1 saturated heterocycles. The number of rotatable bonds is 5. The molecule has 6 nitrogen and oxygen atoms in total. The van der Waals surface area contributed by atoms with E-state index in [0.717, 1.165) is 22.8 Å². The first-order valence-electron chi connectivity index (χ1n) is 7.42. The normalized spacial score (nSPS) is 20.6.